The van der Waals surface area contributed by atoms with Crippen molar-refractivity contribution < 1.29 is 61.6 Å². The Bertz CT molecular complexity index is 2160. The second-order valence-corrected chi connectivity index (χ2v) is 15.3. The molecule has 4 heterocycles. The van der Waals surface area contributed by atoms with E-state index in [2.05, 4.69) is 31.2 Å². The fourth-order valence-corrected chi connectivity index (χ4v) is 7.15. The molecule has 25 heteroatoms. The third-order valence-corrected chi connectivity index (χ3v) is 10.5. The number of nitrogen functional groups attached to an aromatic ring is 1. The van der Waals surface area contributed by atoms with Gasteiger partial charge in [0, 0.05) is 43.5 Å². The number of amides is 4. The van der Waals surface area contributed by atoms with Crippen LogP contribution in [0.5, 0.6) is 11.5 Å². The molecule has 3 aromatic rings. The number of aliphatic carboxylic acids is 1. The van der Waals surface area contributed by atoms with Crippen molar-refractivity contribution in [3.8, 4) is 11.5 Å². The summed E-state index contributed by atoms with van der Waals surface area (Å²) < 4.78 is 39.0. The van der Waals surface area contributed by atoms with Gasteiger partial charge in [-0.2, -0.15) is 8.42 Å². The van der Waals surface area contributed by atoms with Crippen LogP contribution >= 0.6 is 22.9 Å². The van der Waals surface area contributed by atoms with Gasteiger partial charge in [0.1, 0.15) is 11.7 Å². The van der Waals surface area contributed by atoms with Crippen LogP contribution in [0, 0.1) is 0 Å². The highest BCUT2D eigenvalue weighted by Crippen LogP contribution is 2.35. The molecule has 1 unspecified atom stereocenters. The molecule has 2 aliphatic rings. The number of nitrogens with zero attached hydrogens (tertiary/aromatic N) is 5. The summed E-state index contributed by atoms with van der Waals surface area (Å²) in [5, 5.41) is 44.6. The van der Waals surface area contributed by atoms with Gasteiger partial charge in [-0.1, -0.05) is 21.9 Å². The number of carboxylic acids is 1. The number of carboxylic acid groups (broad SMARTS) is 1. The number of aromatic nitrogens is 2. The topological polar surface area (TPSA) is 330 Å². The molecule has 2 aromatic heterocycles. The fourth-order valence-electron chi connectivity index (χ4n) is 5.47. The molecule has 2 aliphatic heterocycles. The number of anilines is 1. The number of rotatable bonds is 15. The molecule has 2 saturated heterocycles. The van der Waals surface area contributed by atoms with Gasteiger partial charge in [0.2, 0.25) is 11.4 Å². The summed E-state index contributed by atoms with van der Waals surface area (Å²) in [6, 6.07) is 0.648. The summed E-state index contributed by atoms with van der Waals surface area (Å²) in [5.74, 6) is -6.71. The quantitative estimate of drug-likeness (QED) is 0.0315. The highest BCUT2D eigenvalue weighted by atomic mass is 35.5. The van der Waals surface area contributed by atoms with E-state index in [0.717, 1.165) is 31.3 Å². The summed E-state index contributed by atoms with van der Waals surface area (Å²) in [4.78, 5) is 74.1. The average Bonchev–Trinajstić information content (AvgIpc) is 3.89. The number of benzene rings is 1. The third-order valence-electron chi connectivity index (χ3n) is 8.53. The van der Waals surface area contributed by atoms with Gasteiger partial charge in [-0.3, -0.25) is 23.7 Å². The molecule has 0 radical (unpaired) electrons. The van der Waals surface area contributed by atoms with Crippen LogP contribution in [0.3, 0.4) is 0 Å². The molecule has 3 atom stereocenters. The summed E-state index contributed by atoms with van der Waals surface area (Å²) in [6.07, 6.45) is 0.631. The lowest BCUT2D eigenvalue weighted by Gasteiger charge is -2.44. The van der Waals surface area contributed by atoms with Gasteiger partial charge in [-0.25, -0.2) is 14.1 Å². The van der Waals surface area contributed by atoms with Gasteiger partial charge in [0.25, 0.3) is 23.6 Å². The average molecular weight is 828 g/mol. The fraction of sp³-hybridized carbons (Fsp3) is 0.400. The number of hydrogen-bond donors (Lipinski definition) is 8. The van der Waals surface area contributed by atoms with Gasteiger partial charge in [-0.15, -0.1) is 11.3 Å². The number of nitrogens with one attached hydrogen (secondary N) is 3. The molecular formula is C30H34ClN9O13S2. The van der Waals surface area contributed by atoms with Crippen molar-refractivity contribution in [1.82, 2.24) is 35.3 Å². The van der Waals surface area contributed by atoms with E-state index in [1.54, 1.807) is 0 Å². The van der Waals surface area contributed by atoms with Crippen LogP contribution in [-0.4, -0.2) is 133 Å². The van der Waals surface area contributed by atoms with Crippen molar-refractivity contribution in [3.63, 3.8) is 0 Å². The Morgan fingerprint density at radius 2 is 1.93 bits per heavy atom. The first-order valence-corrected chi connectivity index (χ1v) is 18.7. The van der Waals surface area contributed by atoms with E-state index in [1.807, 2.05) is 4.90 Å². The lowest BCUT2D eigenvalue weighted by atomic mass is 9.98. The Hall–Kier alpha value is -5.56. The molecule has 4 amide bonds. The largest absolute Gasteiger partial charge is 0.504 e. The molecule has 0 bridgehead atoms. The Morgan fingerprint density at radius 3 is 2.58 bits per heavy atom. The van der Waals surface area contributed by atoms with Gasteiger partial charge in [-0.05, 0) is 38.9 Å². The summed E-state index contributed by atoms with van der Waals surface area (Å²) in [5.41, 5.74) is 3.43. The number of phenolic OH excluding ortho intramolecular Hbond substituents is 2. The molecule has 0 spiro atoms. The zero-order valence-electron chi connectivity index (χ0n) is 28.8. The van der Waals surface area contributed by atoms with Gasteiger partial charge < -0.3 is 51.3 Å². The highest BCUT2D eigenvalue weighted by Gasteiger charge is 2.54. The van der Waals surface area contributed by atoms with Gasteiger partial charge in [0.15, 0.2) is 22.3 Å². The molecule has 5 rings (SSSR count). The van der Waals surface area contributed by atoms with Crippen molar-refractivity contribution in [2.45, 2.75) is 43.9 Å². The minimum Gasteiger partial charge on any atom is -0.504 e. The second-order valence-electron chi connectivity index (χ2n) is 12.7. The number of β-lactam (4-membered cyclic amide) rings is 1. The maximum atomic E-state index is 13.3. The number of likely N-dealkylation sites (tertiary alicyclic amines) is 1. The Balaban J connectivity index is 1.18. The van der Waals surface area contributed by atoms with Gasteiger partial charge in [0.05, 0.1) is 22.3 Å². The van der Waals surface area contributed by atoms with E-state index in [-0.39, 0.29) is 43.9 Å². The number of nitrogens with two attached hydrogens (primary N) is 1. The van der Waals surface area contributed by atoms with Crippen LogP contribution in [-0.2, 0) is 29.5 Å². The molecule has 1 aromatic carbocycles. The van der Waals surface area contributed by atoms with Crippen molar-refractivity contribution in [2.24, 2.45) is 5.16 Å². The zero-order valence-corrected chi connectivity index (χ0v) is 31.1. The SMILES string of the molecule is CC(C)(O/N=C(\C(=O)NC1C(=O)N(S(=O)(=O)O)[C@H]1CNC(=O)c1cc([C@@H]2CCN(CCNC(=O)c3ccc(O)c(O)c3Cl)C2)no1)c1csc(N)n1)C(=O)O. The number of halogens is 1. The number of oxime groups is 1. The molecular weight excluding hydrogens is 794 g/mol. The van der Waals surface area contributed by atoms with Crippen LogP contribution in [0.25, 0.3) is 0 Å². The van der Waals surface area contributed by atoms with Gasteiger partial charge >= 0.3 is 16.3 Å². The van der Waals surface area contributed by atoms with E-state index in [9.17, 15) is 52.3 Å². The lowest BCUT2D eigenvalue weighted by Crippen LogP contribution is -2.74. The molecule has 0 saturated carbocycles. The number of carbonyl (C=O) groups is 5. The monoisotopic (exact) mass is 827 g/mol. The first-order chi connectivity index (χ1) is 25.8. The van der Waals surface area contributed by atoms with Crippen LogP contribution in [0.4, 0.5) is 5.13 Å². The van der Waals surface area contributed by atoms with Crippen LogP contribution in [0.1, 0.15) is 58.5 Å². The Labute approximate surface area is 320 Å². The van der Waals surface area contributed by atoms with Crippen molar-refractivity contribution in [3.05, 3.63) is 51.3 Å². The predicted molar refractivity (Wildman–Crippen MR) is 190 cm³/mol. The number of carbonyl (C=O) groups excluding carboxylic acids is 4. The third kappa shape index (κ3) is 9.05. The standard InChI is InChI=1S/C30H34ClN9O13S2/c1-30(2,28(47)48)53-38-21(16-12-54-29(32)35-16)26(45)36-22-17(40(27(22)46)55(49,50)51)10-34-25(44)19-9-15(37-52-19)13-5-7-39(11-13)8-6-33-24(43)14-3-4-18(41)23(42)20(14)31/h3-4,9,12-13,17,22,41-42H,5-8,10-11H2,1-2H3,(H2,32,35)(H,33,43)(H,34,44)(H,36,45)(H,47,48)(H,49,50,51)/b38-21-/t13-,17+,22?/m1/s1. The normalized spacial score (nSPS) is 19.1. The predicted octanol–water partition coefficient (Wildman–Crippen LogP) is -0.490. The Kier molecular flexibility index (Phi) is 11.8. The summed E-state index contributed by atoms with van der Waals surface area (Å²) >= 11 is 6.86. The number of aromatic hydroxyl groups is 2. The lowest BCUT2D eigenvalue weighted by molar-refractivity contribution is -0.161. The van der Waals surface area contributed by atoms with Crippen LogP contribution in [0.2, 0.25) is 5.02 Å². The zero-order chi connectivity index (χ0) is 40.4. The Morgan fingerprint density at radius 1 is 1.20 bits per heavy atom. The van der Waals surface area contributed by atoms with E-state index in [4.69, 9.17) is 26.7 Å². The van der Waals surface area contributed by atoms with Crippen molar-refractivity contribution >= 4 is 73.7 Å². The number of phenols is 2. The van der Waals surface area contributed by atoms with Crippen LogP contribution < -0.4 is 21.7 Å². The molecule has 2 fully saturated rings. The maximum absolute atomic E-state index is 13.3. The molecule has 22 nitrogen and oxygen atoms in total. The molecule has 296 valence electrons. The number of thiazole rings is 1. The minimum atomic E-state index is -5.15. The maximum Gasteiger partial charge on any atom is 0.362 e. The minimum absolute atomic E-state index is 0.00842. The van der Waals surface area contributed by atoms with Crippen molar-refractivity contribution in [2.75, 3.05) is 38.5 Å². The van der Waals surface area contributed by atoms with Crippen molar-refractivity contribution in [1.29, 1.82) is 0 Å². The smallest absolute Gasteiger partial charge is 0.362 e. The van der Waals surface area contributed by atoms with E-state index < -0.39 is 81.3 Å². The first-order valence-electron chi connectivity index (χ1n) is 16.1. The molecule has 0 aliphatic carbocycles. The number of hydrogen-bond acceptors (Lipinski definition) is 17. The molecule has 9 N–H and O–H groups in total. The van der Waals surface area contributed by atoms with Crippen LogP contribution in [0.15, 0.2) is 33.3 Å². The summed E-state index contributed by atoms with van der Waals surface area (Å²) in [7, 11) is -5.15. The molecule has 55 heavy (non-hydrogen) atoms. The van der Waals surface area contributed by atoms with E-state index >= 15 is 0 Å². The van der Waals surface area contributed by atoms with E-state index in [1.165, 1.54) is 17.5 Å². The first kappa shape index (κ1) is 40.6. The highest BCUT2D eigenvalue weighted by molar-refractivity contribution is 7.84. The second kappa shape index (κ2) is 16.0. The summed E-state index contributed by atoms with van der Waals surface area (Å²) in [6.45, 7) is 3.48. The van der Waals surface area contributed by atoms with E-state index in [0.29, 0.717) is 31.7 Å².